The monoisotopic (exact) mass is 394 g/mol. The van der Waals surface area contributed by atoms with Crippen molar-refractivity contribution in [3.63, 3.8) is 0 Å². The Bertz CT molecular complexity index is 780. The van der Waals surface area contributed by atoms with Crippen LogP contribution in [0.25, 0.3) is 0 Å². The van der Waals surface area contributed by atoms with Gasteiger partial charge >= 0.3 is 0 Å². The largest absolute Gasteiger partial charge is 0.345 e. The molecule has 1 atom stereocenters. The third-order valence-electron chi connectivity index (χ3n) is 6.06. The Morgan fingerprint density at radius 3 is 2.17 bits per heavy atom. The summed E-state index contributed by atoms with van der Waals surface area (Å²) in [7, 11) is 0. The third-order valence-corrected chi connectivity index (χ3v) is 6.06. The zero-order chi connectivity index (χ0) is 20.1. The highest BCUT2D eigenvalue weighted by atomic mass is 16.2. The molecule has 0 saturated carbocycles. The molecule has 2 aliphatic rings. The number of benzene rings is 2. The summed E-state index contributed by atoms with van der Waals surface area (Å²) in [6, 6.07) is 21.2. The molecule has 0 bridgehead atoms. The SMILES string of the molecule is O=C1NCC[NH2+][C@H]1CC(=O)N1CC[NH+](C(c2ccccc2)c2ccccc2)CC1. The summed E-state index contributed by atoms with van der Waals surface area (Å²) in [6.07, 6.45) is 0.294. The first kappa shape index (κ1) is 19.6. The molecule has 2 aromatic rings. The first-order chi connectivity index (χ1) is 14.2. The van der Waals surface area contributed by atoms with E-state index in [1.807, 2.05) is 10.2 Å². The van der Waals surface area contributed by atoms with Crippen LogP contribution in [-0.2, 0) is 9.59 Å². The molecule has 0 spiro atoms. The smallest absolute Gasteiger partial charge is 0.278 e. The molecule has 0 unspecified atom stereocenters. The second kappa shape index (κ2) is 9.20. The maximum Gasteiger partial charge on any atom is 0.278 e. The van der Waals surface area contributed by atoms with Gasteiger partial charge in [-0.3, -0.25) is 9.59 Å². The standard InChI is InChI=1S/C23H28N4O2/c28-21(17-20-23(29)25-12-11-24-20)26-13-15-27(16-14-26)22(18-7-3-1-4-8-18)19-9-5-2-6-10-19/h1-10,20,22,24H,11-17H2,(H,25,29)/p+2/t20-/m0/s1. The van der Waals surface area contributed by atoms with Gasteiger partial charge in [-0.1, -0.05) is 60.7 Å². The molecule has 0 aromatic heterocycles. The van der Waals surface area contributed by atoms with E-state index in [2.05, 4.69) is 66.0 Å². The van der Waals surface area contributed by atoms with Crippen LogP contribution in [0.4, 0.5) is 0 Å². The number of quaternary nitrogens is 2. The molecule has 152 valence electrons. The topological polar surface area (TPSA) is 70.5 Å². The minimum Gasteiger partial charge on any atom is -0.345 e. The number of piperazine rings is 2. The van der Waals surface area contributed by atoms with Crippen LogP contribution in [0, 0.1) is 0 Å². The first-order valence-electron chi connectivity index (χ1n) is 10.6. The van der Waals surface area contributed by atoms with E-state index in [0.717, 1.165) is 32.7 Å². The highest BCUT2D eigenvalue weighted by Gasteiger charge is 2.34. The van der Waals surface area contributed by atoms with Crippen molar-refractivity contribution >= 4 is 11.8 Å². The third kappa shape index (κ3) is 4.66. The number of carbonyl (C=O) groups excluding carboxylic acids is 2. The molecule has 2 saturated heterocycles. The van der Waals surface area contributed by atoms with E-state index in [4.69, 9.17) is 0 Å². The van der Waals surface area contributed by atoms with Gasteiger partial charge in [-0.25, -0.2) is 0 Å². The summed E-state index contributed by atoms with van der Waals surface area (Å²) in [5.41, 5.74) is 2.61. The van der Waals surface area contributed by atoms with Crippen LogP contribution in [0.1, 0.15) is 23.6 Å². The lowest BCUT2D eigenvalue weighted by atomic mass is 9.96. The van der Waals surface area contributed by atoms with Crippen molar-refractivity contribution in [3.8, 4) is 0 Å². The fraction of sp³-hybridized carbons (Fsp3) is 0.391. The zero-order valence-electron chi connectivity index (χ0n) is 16.7. The van der Waals surface area contributed by atoms with Gasteiger partial charge in [0.05, 0.1) is 45.7 Å². The summed E-state index contributed by atoms with van der Waals surface area (Å²) < 4.78 is 0. The fourth-order valence-corrected chi connectivity index (χ4v) is 4.50. The Morgan fingerprint density at radius 2 is 1.62 bits per heavy atom. The molecule has 29 heavy (non-hydrogen) atoms. The Hall–Kier alpha value is -2.70. The van der Waals surface area contributed by atoms with Gasteiger partial charge in [0.2, 0.25) is 5.91 Å². The van der Waals surface area contributed by atoms with Gasteiger partial charge in [-0.2, -0.15) is 0 Å². The van der Waals surface area contributed by atoms with E-state index in [-0.39, 0.29) is 23.9 Å². The summed E-state index contributed by atoms with van der Waals surface area (Å²) >= 11 is 0. The van der Waals surface area contributed by atoms with Crippen LogP contribution >= 0.6 is 0 Å². The van der Waals surface area contributed by atoms with Gasteiger partial charge in [0.1, 0.15) is 6.04 Å². The number of carbonyl (C=O) groups is 2. The van der Waals surface area contributed by atoms with E-state index < -0.39 is 0 Å². The van der Waals surface area contributed by atoms with Gasteiger partial charge in [0.25, 0.3) is 5.91 Å². The summed E-state index contributed by atoms with van der Waals surface area (Å²) in [5, 5.41) is 4.84. The Morgan fingerprint density at radius 1 is 1.03 bits per heavy atom. The molecule has 4 N–H and O–H groups in total. The Labute approximate surface area is 171 Å². The molecule has 2 aliphatic heterocycles. The summed E-state index contributed by atoms with van der Waals surface area (Å²) in [4.78, 5) is 28.1. The molecular formula is C23H30N4O2+2. The number of nitrogens with two attached hydrogens (primary N) is 1. The average Bonchev–Trinajstić information content (AvgIpc) is 2.77. The Balaban J connectivity index is 1.41. The highest BCUT2D eigenvalue weighted by molar-refractivity contribution is 5.87. The van der Waals surface area contributed by atoms with E-state index >= 15 is 0 Å². The number of hydrogen-bond acceptors (Lipinski definition) is 2. The minimum atomic E-state index is -0.275. The molecule has 0 aliphatic carbocycles. The molecule has 6 heteroatoms. The van der Waals surface area contributed by atoms with Crippen molar-refractivity contribution in [1.29, 1.82) is 0 Å². The lowest BCUT2D eigenvalue weighted by Crippen LogP contribution is -3.15. The molecule has 2 aromatic carbocycles. The predicted molar refractivity (Wildman–Crippen MR) is 110 cm³/mol. The number of nitrogens with one attached hydrogen (secondary N) is 2. The van der Waals surface area contributed by atoms with Gasteiger partial charge in [0, 0.05) is 11.1 Å². The molecule has 2 fully saturated rings. The fourth-order valence-electron chi connectivity index (χ4n) is 4.50. The van der Waals surface area contributed by atoms with Crippen LogP contribution in [0.5, 0.6) is 0 Å². The minimum absolute atomic E-state index is 0.0120. The van der Waals surface area contributed by atoms with Crippen molar-refractivity contribution in [2.45, 2.75) is 18.5 Å². The van der Waals surface area contributed by atoms with Gasteiger partial charge in [0.15, 0.2) is 6.04 Å². The van der Waals surface area contributed by atoms with Crippen LogP contribution in [0.15, 0.2) is 60.7 Å². The van der Waals surface area contributed by atoms with Crippen LogP contribution < -0.4 is 15.5 Å². The summed E-state index contributed by atoms with van der Waals surface area (Å²) in [6.45, 7) is 4.81. The lowest BCUT2D eigenvalue weighted by molar-refractivity contribution is -0.929. The maximum absolute atomic E-state index is 12.7. The quantitative estimate of drug-likeness (QED) is 0.606. The normalized spacial score (nSPS) is 20.5. The molecule has 4 rings (SSSR count). The first-order valence-corrected chi connectivity index (χ1v) is 10.6. The molecule has 6 nitrogen and oxygen atoms in total. The van der Waals surface area contributed by atoms with Crippen LogP contribution in [0.2, 0.25) is 0 Å². The van der Waals surface area contributed by atoms with Crippen molar-refractivity contribution in [2.75, 3.05) is 39.3 Å². The molecule has 0 radical (unpaired) electrons. The van der Waals surface area contributed by atoms with E-state index in [0.29, 0.717) is 13.0 Å². The van der Waals surface area contributed by atoms with E-state index in [1.165, 1.54) is 16.0 Å². The number of nitrogens with zero attached hydrogens (tertiary/aromatic N) is 1. The maximum atomic E-state index is 12.7. The molecule has 2 heterocycles. The van der Waals surface area contributed by atoms with Gasteiger partial charge in [-0.05, 0) is 0 Å². The summed E-state index contributed by atoms with van der Waals surface area (Å²) in [5.74, 6) is 0.0837. The van der Waals surface area contributed by atoms with E-state index in [1.54, 1.807) is 0 Å². The van der Waals surface area contributed by atoms with Gasteiger partial charge in [-0.15, -0.1) is 0 Å². The van der Waals surface area contributed by atoms with Crippen molar-refractivity contribution in [2.24, 2.45) is 0 Å². The average molecular weight is 395 g/mol. The molecule has 2 amide bonds. The second-order valence-electron chi connectivity index (χ2n) is 7.92. The van der Waals surface area contributed by atoms with Crippen molar-refractivity contribution in [1.82, 2.24) is 10.2 Å². The van der Waals surface area contributed by atoms with Gasteiger partial charge < -0.3 is 20.4 Å². The van der Waals surface area contributed by atoms with Crippen LogP contribution in [0.3, 0.4) is 0 Å². The highest BCUT2D eigenvalue weighted by Crippen LogP contribution is 2.19. The zero-order valence-corrected chi connectivity index (χ0v) is 16.7. The molecular weight excluding hydrogens is 364 g/mol. The second-order valence-corrected chi connectivity index (χ2v) is 7.92. The lowest BCUT2D eigenvalue weighted by Gasteiger charge is -2.37. The number of hydrogen-bond donors (Lipinski definition) is 3. The van der Waals surface area contributed by atoms with Crippen molar-refractivity contribution in [3.05, 3.63) is 71.8 Å². The van der Waals surface area contributed by atoms with Crippen molar-refractivity contribution < 1.29 is 19.8 Å². The van der Waals surface area contributed by atoms with E-state index in [9.17, 15) is 9.59 Å². The Kier molecular flexibility index (Phi) is 6.22. The van der Waals surface area contributed by atoms with Crippen LogP contribution in [-0.4, -0.2) is 62.0 Å². The number of amides is 2. The number of rotatable bonds is 5. The predicted octanol–water partition coefficient (Wildman–Crippen LogP) is -1.04.